The van der Waals surface area contributed by atoms with Crippen LogP contribution in [0.3, 0.4) is 0 Å². The quantitative estimate of drug-likeness (QED) is 0.908. The van der Waals surface area contributed by atoms with Crippen LogP contribution in [0.5, 0.6) is 0 Å². The first-order valence-electron chi connectivity index (χ1n) is 5.89. The molecule has 0 atom stereocenters. The Morgan fingerprint density at radius 3 is 2.88 bits per heavy atom. The Labute approximate surface area is 114 Å². The van der Waals surface area contributed by atoms with E-state index in [0.29, 0.717) is 12.6 Å². The van der Waals surface area contributed by atoms with Gasteiger partial charge in [-0.25, -0.2) is 4.79 Å². The summed E-state index contributed by atoms with van der Waals surface area (Å²) in [6.45, 7) is 0.675. The van der Waals surface area contributed by atoms with Crippen LogP contribution in [-0.2, 0) is 6.54 Å². The van der Waals surface area contributed by atoms with Gasteiger partial charge < -0.3 is 10.2 Å². The molecule has 1 aromatic heterocycles. The molecule has 1 fully saturated rings. The molecule has 0 unspecified atom stereocenters. The van der Waals surface area contributed by atoms with Crippen molar-refractivity contribution in [3.63, 3.8) is 0 Å². The highest BCUT2D eigenvalue weighted by atomic mass is 79.9. The highest BCUT2D eigenvalue weighted by Crippen LogP contribution is 2.21. The number of rotatable bonds is 3. The van der Waals surface area contributed by atoms with Gasteiger partial charge in [0.15, 0.2) is 0 Å². The van der Waals surface area contributed by atoms with Crippen molar-refractivity contribution in [2.24, 2.45) is 0 Å². The predicted octanol–water partition coefficient (Wildman–Crippen LogP) is 3.59. The van der Waals surface area contributed by atoms with E-state index >= 15 is 0 Å². The van der Waals surface area contributed by atoms with Crippen molar-refractivity contribution < 1.29 is 4.79 Å². The summed E-state index contributed by atoms with van der Waals surface area (Å²) in [5.74, 6) is 0. The Bertz CT molecular complexity index is 388. The molecule has 1 aromatic rings. The Morgan fingerprint density at radius 2 is 2.29 bits per heavy atom. The second-order valence-corrected chi connectivity index (χ2v) is 6.43. The number of nitrogens with one attached hydrogen (secondary N) is 1. The molecule has 2 rings (SSSR count). The van der Waals surface area contributed by atoms with Gasteiger partial charge in [0.1, 0.15) is 0 Å². The van der Waals surface area contributed by atoms with Gasteiger partial charge in [0.25, 0.3) is 0 Å². The molecule has 5 heteroatoms. The molecule has 1 saturated carbocycles. The molecular formula is C12H17BrN2OS. The number of amides is 2. The van der Waals surface area contributed by atoms with Crippen molar-refractivity contribution in [3.8, 4) is 0 Å². The van der Waals surface area contributed by atoms with Crippen LogP contribution in [0, 0.1) is 0 Å². The normalized spacial score (nSPS) is 16.1. The molecular weight excluding hydrogens is 300 g/mol. The zero-order valence-corrected chi connectivity index (χ0v) is 12.3. The monoisotopic (exact) mass is 316 g/mol. The number of halogens is 1. The lowest BCUT2D eigenvalue weighted by atomic mass is 10.2. The first-order chi connectivity index (χ1) is 8.15. The lowest BCUT2D eigenvalue weighted by Crippen LogP contribution is -2.41. The molecule has 0 bridgehead atoms. The Kier molecular flexibility index (Phi) is 4.45. The highest BCUT2D eigenvalue weighted by molar-refractivity contribution is 9.10. The number of hydrogen-bond acceptors (Lipinski definition) is 2. The molecule has 0 saturated heterocycles. The van der Waals surface area contributed by atoms with Crippen molar-refractivity contribution in [2.75, 3.05) is 7.05 Å². The van der Waals surface area contributed by atoms with Crippen molar-refractivity contribution in [1.82, 2.24) is 10.2 Å². The maximum Gasteiger partial charge on any atom is 0.317 e. The van der Waals surface area contributed by atoms with Crippen LogP contribution in [0.4, 0.5) is 4.79 Å². The van der Waals surface area contributed by atoms with E-state index in [1.165, 1.54) is 17.7 Å². The van der Waals surface area contributed by atoms with Crippen molar-refractivity contribution in [3.05, 3.63) is 20.8 Å². The van der Waals surface area contributed by atoms with Crippen molar-refractivity contribution >= 4 is 33.3 Å². The summed E-state index contributed by atoms with van der Waals surface area (Å²) in [6.07, 6.45) is 4.74. The van der Waals surface area contributed by atoms with E-state index in [4.69, 9.17) is 0 Å². The van der Waals surface area contributed by atoms with E-state index in [1.807, 2.05) is 12.4 Å². The van der Waals surface area contributed by atoms with E-state index in [0.717, 1.165) is 17.3 Å². The SMILES string of the molecule is CN(Cc1cc(Br)cs1)C(=O)NC1CCCC1. The molecule has 0 radical (unpaired) electrons. The van der Waals surface area contributed by atoms with Gasteiger partial charge in [-0.05, 0) is 34.8 Å². The van der Waals surface area contributed by atoms with Crippen LogP contribution in [0.25, 0.3) is 0 Å². The van der Waals surface area contributed by atoms with Gasteiger partial charge in [-0.3, -0.25) is 0 Å². The van der Waals surface area contributed by atoms with E-state index in [1.54, 1.807) is 16.2 Å². The lowest BCUT2D eigenvalue weighted by molar-refractivity contribution is 0.203. The van der Waals surface area contributed by atoms with Crippen LogP contribution in [0.2, 0.25) is 0 Å². The third-order valence-electron chi connectivity index (χ3n) is 3.04. The number of carbonyl (C=O) groups is 1. The molecule has 1 N–H and O–H groups in total. The average Bonchev–Trinajstić information content (AvgIpc) is 2.90. The maximum absolute atomic E-state index is 11.9. The summed E-state index contributed by atoms with van der Waals surface area (Å²) < 4.78 is 1.09. The van der Waals surface area contributed by atoms with Gasteiger partial charge in [-0.2, -0.15) is 0 Å². The molecule has 94 valence electrons. The number of nitrogens with zero attached hydrogens (tertiary/aromatic N) is 1. The lowest BCUT2D eigenvalue weighted by Gasteiger charge is -2.20. The van der Waals surface area contributed by atoms with Gasteiger partial charge in [0.2, 0.25) is 0 Å². The number of urea groups is 1. The summed E-state index contributed by atoms with van der Waals surface area (Å²) in [5, 5.41) is 5.13. The molecule has 1 aliphatic carbocycles. The maximum atomic E-state index is 11.9. The minimum Gasteiger partial charge on any atom is -0.335 e. The molecule has 0 spiro atoms. The van der Waals surface area contributed by atoms with Crippen LogP contribution >= 0.6 is 27.3 Å². The standard InChI is InChI=1S/C12H17BrN2OS/c1-15(7-11-6-9(13)8-17-11)12(16)14-10-4-2-3-5-10/h6,8,10H,2-5,7H2,1H3,(H,14,16). The van der Waals surface area contributed by atoms with Crippen LogP contribution in [0.15, 0.2) is 15.9 Å². The second-order valence-electron chi connectivity index (χ2n) is 4.52. The largest absolute Gasteiger partial charge is 0.335 e. The first kappa shape index (κ1) is 12.9. The fraction of sp³-hybridized carbons (Fsp3) is 0.583. The zero-order valence-electron chi connectivity index (χ0n) is 9.91. The molecule has 17 heavy (non-hydrogen) atoms. The summed E-state index contributed by atoms with van der Waals surface area (Å²) >= 11 is 5.09. The smallest absolute Gasteiger partial charge is 0.317 e. The average molecular weight is 317 g/mol. The van der Waals surface area contributed by atoms with Crippen LogP contribution in [-0.4, -0.2) is 24.0 Å². The fourth-order valence-corrected chi connectivity index (χ4v) is 3.60. The topological polar surface area (TPSA) is 32.3 Å². The Morgan fingerprint density at radius 1 is 1.59 bits per heavy atom. The Hall–Kier alpha value is -0.550. The number of carbonyl (C=O) groups excluding carboxylic acids is 1. The molecule has 0 aliphatic heterocycles. The number of hydrogen-bond donors (Lipinski definition) is 1. The summed E-state index contributed by atoms with van der Waals surface area (Å²) in [5.41, 5.74) is 0. The molecule has 1 heterocycles. The minimum atomic E-state index is 0.0430. The van der Waals surface area contributed by atoms with E-state index in [-0.39, 0.29) is 6.03 Å². The van der Waals surface area contributed by atoms with E-state index < -0.39 is 0 Å². The van der Waals surface area contributed by atoms with Gasteiger partial charge in [0, 0.05) is 27.8 Å². The third-order valence-corrected chi connectivity index (χ3v) is 4.73. The van der Waals surface area contributed by atoms with E-state index in [9.17, 15) is 4.79 Å². The van der Waals surface area contributed by atoms with Gasteiger partial charge in [-0.1, -0.05) is 12.8 Å². The fourth-order valence-electron chi connectivity index (χ4n) is 2.10. The summed E-state index contributed by atoms with van der Waals surface area (Å²) in [6, 6.07) is 2.49. The van der Waals surface area contributed by atoms with Crippen LogP contribution in [0.1, 0.15) is 30.6 Å². The van der Waals surface area contributed by atoms with Gasteiger partial charge in [-0.15, -0.1) is 11.3 Å². The second kappa shape index (κ2) is 5.87. The number of thiophene rings is 1. The molecule has 1 aliphatic rings. The molecule has 3 nitrogen and oxygen atoms in total. The predicted molar refractivity (Wildman–Crippen MR) is 74.3 cm³/mol. The van der Waals surface area contributed by atoms with Gasteiger partial charge in [0.05, 0.1) is 6.54 Å². The van der Waals surface area contributed by atoms with Crippen molar-refractivity contribution in [2.45, 2.75) is 38.3 Å². The van der Waals surface area contributed by atoms with Gasteiger partial charge >= 0.3 is 6.03 Å². The highest BCUT2D eigenvalue weighted by Gasteiger charge is 2.19. The summed E-state index contributed by atoms with van der Waals surface area (Å²) in [4.78, 5) is 14.9. The zero-order chi connectivity index (χ0) is 12.3. The van der Waals surface area contributed by atoms with E-state index in [2.05, 4.69) is 27.3 Å². The molecule has 2 amide bonds. The third kappa shape index (κ3) is 3.71. The first-order valence-corrected chi connectivity index (χ1v) is 7.57. The Balaban J connectivity index is 1.82. The molecule has 0 aromatic carbocycles. The summed E-state index contributed by atoms with van der Waals surface area (Å²) in [7, 11) is 1.85. The minimum absolute atomic E-state index is 0.0430. The van der Waals surface area contributed by atoms with Crippen LogP contribution < -0.4 is 5.32 Å². The van der Waals surface area contributed by atoms with Crippen molar-refractivity contribution in [1.29, 1.82) is 0 Å².